The van der Waals surface area contributed by atoms with Crippen molar-refractivity contribution >= 4 is 19.4 Å². The molecule has 0 bridgehead atoms. The fourth-order valence-electron chi connectivity index (χ4n) is 1.36. The molecule has 0 unspecified atom stereocenters. The Hall–Kier alpha value is -1.02. The summed E-state index contributed by atoms with van der Waals surface area (Å²) in [6, 6.07) is 14.4. The quantitative estimate of drug-likeness (QED) is 0.578. The number of rotatable bonds is 7. The molecule has 0 aliphatic carbocycles. The first-order valence-electron chi connectivity index (χ1n) is 5.55. The summed E-state index contributed by atoms with van der Waals surface area (Å²) in [6.07, 6.45) is 3.86. The second-order valence-electron chi connectivity index (χ2n) is 3.51. The average Bonchev–Trinajstić information content (AvgIpc) is 2.88. The van der Waals surface area contributed by atoms with E-state index in [4.69, 9.17) is 9.15 Å². The molecular formula is C14H15O2Se. The fourth-order valence-corrected chi connectivity index (χ4v) is 2.94. The van der Waals surface area contributed by atoms with Gasteiger partial charge in [0.05, 0.1) is 0 Å². The maximum absolute atomic E-state index is 5.48. The number of hydrogen-bond donors (Lipinski definition) is 0. The zero-order valence-corrected chi connectivity index (χ0v) is 11.3. The SMILES string of the molecule is [CH](COCc1ccco1)C[Se]c1ccccc1. The van der Waals surface area contributed by atoms with Crippen LogP contribution in [0.2, 0.25) is 5.32 Å². The summed E-state index contributed by atoms with van der Waals surface area (Å²) in [7, 11) is 0. The van der Waals surface area contributed by atoms with Gasteiger partial charge in [-0.1, -0.05) is 0 Å². The van der Waals surface area contributed by atoms with E-state index >= 15 is 0 Å². The molecule has 0 atom stereocenters. The molecule has 3 heteroatoms. The van der Waals surface area contributed by atoms with Gasteiger partial charge in [-0.25, -0.2) is 0 Å². The maximum atomic E-state index is 5.48. The third-order valence-corrected chi connectivity index (χ3v) is 4.29. The van der Waals surface area contributed by atoms with E-state index in [0.717, 1.165) is 11.1 Å². The molecule has 1 aromatic heterocycles. The topological polar surface area (TPSA) is 22.4 Å². The Morgan fingerprint density at radius 3 is 2.76 bits per heavy atom. The summed E-state index contributed by atoms with van der Waals surface area (Å²) in [5.74, 6) is 0.881. The van der Waals surface area contributed by atoms with Gasteiger partial charge in [0.25, 0.3) is 0 Å². The van der Waals surface area contributed by atoms with Gasteiger partial charge in [-0.3, -0.25) is 0 Å². The fraction of sp³-hybridized carbons (Fsp3) is 0.214. The van der Waals surface area contributed by atoms with E-state index in [9.17, 15) is 0 Å². The van der Waals surface area contributed by atoms with Gasteiger partial charge in [-0.2, -0.15) is 0 Å². The van der Waals surface area contributed by atoms with E-state index in [-0.39, 0.29) is 0 Å². The summed E-state index contributed by atoms with van der Waals surface area (Å²) in [6.45, 7) is 1.25. The molecule has 0 spiro atoms. The first-order valence-corrected chi connectivity index (χ1v) is 7.61. The molecule has 0 amide bonds. The van der Waals surface area contributed by atoms with Crippen molar-refractivity contribution in [1.29, 1.82) is 0 Å². The minimum atomic E-state index is 0.523. The molecule has 0 aliphatic heterocycles. The van der Waals surface area contributed by atoms with Crippen molar-refractivity contribution in [3.05, 3.63) is 60.9 Å². The van der Waals surface area contributed by atoms with E-state index in [0.29, 0.717) is 28.2 Å². The van der Waals surface area contributed by atoms with Crippen molar-refractivity contribution in [2.24, 2.45) is 0 Å². The Bertz CT molecular complexity index is 397. The van der Waals surface area contributed by atoms with Gasteiger partial charge in [0.2, 0.25) is 0 Å². The Morgan fingerprint density at radius 1 is 1.12 bits per heavy atom. The first-order chi connectivity index (χ1) is 8.45. The van der Waals surface area contributed by atoms with Crippen LogP contribution in [0.15, 0.2) is 53.1 Å². The van der Waals surface area contributed by atoms with Crippen LogP contribution in [0.4, 0.5) is 0 Å². The number of ether oxygens (including phenoxy) is 1. The van der Waals surface area contributed by atoms with Crippen LogP contribution in [-0.2, 0) is 11.3 Å². The molecule has 2 nitrogen and oxygen atoms in total. The predicted molar refractivity (Wildman–Crippen MR) is 69.3 cm³/mol. The predicted octanol–water partition coefficient (Wildman–Crippen LogP) is 2.45. The molecule has 1 radical (unpaired) electrons. The Morgan fingerprint density at radius 2 is 2.00 bits per heavy atom. The summed E-state index contributed by atoms with van der Waals surface area (Å²) < 4.78 is 12.1. The molecule has 1 heterocycles. The summed E-state index contributed by atoms with van der Waals surface area (Å²) >= 11 is 0.523. The van der Waals surface area contributed by atoms with Crippen LogP contribution in [0.25, 0.3) is 0 Å². The molecule has 2 aromatic rings. The van der Waals surface area contributed by atoms with Crippen LogP contribution in [0.1, 0.15) is 5.76 Å². The first kappa shape index (κ1) is 12.4. The average molecular weight is 294 g/mol. The second kappa shape index (κ2) is 7.33. The number of furan rings is 1. The van der Waals surface area contributed by atoms with E-state index in [1.807, 2.05) is 12.1 Å². The van der Waals surface area contributed by atoms with Crippen LogP contribution in [0, 0.1) is 6.42 Å². The van der Waals surface area contributed by atoms with Gasteiger partial charge in [0.1, 0.15) is 0 Å². The van der Waals surface area contributed by atoms with Crippen molar-refractivity contribution in [2.45, 2.75) is 11.9 Å². The van der Waals surface area contributed by atoms with Gasteiger partial charge in [0, 0.05) is 0 Å². The van der Waals surface area contributed by atoms with E-state index in [1.165, 1.54) is 4.46 Å². The Labute approximate surface area is 108 Å². The van der Waals surface area contributed by atoms with Crippen molar-refractivity contribution in [3.8, 4) is 0 Å². The van der Waals surface area contributed by atoms with Crippen LogP contribution >= 0.6 is 0 Å². The van der Waals surface area contributed by atoms with Crippen molar-refractivity contribution in [1.82, 2.24) is 0 Å². The molecule has 0 saturated carbocycles. The van der Waals surface area contributed by atoms with Crippen LogP contribution in [-0.4, -0.2) is 21.6 Å². The minimum absolute atomic E-state index is 0.523. The molecule has 0 saturated heterocycles. The van der Waals surface area contributed by atoms with Crippen LogP contribution in [0.3, 0.4) is 0 Å². The number of benzene rings is 1. The zero-order valence-electron chi connectivity index (χ0n) is 9.54. The van der Waals surface area contributed by atoms with Crippen molar-refractivity contribution in [2.75, 3.05) is 6.61 Å². The molecule has 0 N–H and O–H groups in total. The van der Waals surface area contributed by atoms with Gasteiger partial charge >= 0.3 is 108 Å². The molecule has 2 rings (SSSR count). The second-order valence-corrected chi connectivity index (χ2v) is 5.80. The summed E-state index contributed by atoms with van der Waals surface area (Å²) in [5, 5.41) is 1.11. The van der Waals surface area contributed by atoms with E-state index in [2.05, 4.69) is 36.8 Å². The molecular weight excluding hydrogens is 279 g/mol. The van der Waals surface area contributed by atoms with E-state index in [1.54, 1.807) is 6.26 Å². The van der Waals surface area contributed by atoms with Crippen molar-refractivity contribution < 1.29 is 9.15 Å². The molecule has 0 fully saturated rings. The third kappa shape index (κ3) is 4.78. The van der Waals surface area contributed by atoms with Gasteiger partial charge in [-0.05, 0) is 0 Å². The van der Waals surface area contributed by atoms with Crippen LogP contribution < -0.4 is 4.46 Å². The normalized spacial score (nSPS) is 10.6. The number of hydrogen-bond acceptors (Lipinski definition) is 2. The monoisotopic (exact) mass is 295 g/mol. The Balaban J connectivity index is 1.52. The van der Waals surface area contributed by atoms with Crippen LogP contribution in [0.5, 0.6) is 0 Å². The van der Waals surface area contributed by atoms with E-state index < -0.39 is 0 Å². The van der Waals surface area contributed by atoms with Gasteiger partial charge in [-0.15, -0.1) is 0 Å². The van der Waals surface area contributed by atoms with Crippen molar-refractivity contribution in [3.63, 3.8) is 0 Å². The molecule has 1 aromatic carbocycles. The molecule has 0 aliphatic rings. The standard InChI is InChI=1S/C14H15O2Se/c1-2-7-14(8-3-1)17-11-5-9-15-12-13-6-4-10-16-13/h1-8,10H,9,11-12H2. The summed E-state index contributed by atoms with van der Waals surface area (Å²) in [5.41, 5.74) is 0. The molecule has 17 heavy (non-hydrogen) atoms. The zero-order chi connectivity index (χ0) is 11.8. The third-order valence-electron chi connectivity index (χ3n) is 2.17. The van der Waals surface area contributed by atoms with Gasteiger partial charge in [0.15, 0.2) is 0 Å². The summed E-state index contributed by atoms with van der Waals surface area (Å²) in [4.78, 5) is 0. The molecule has 89 valence electrons. The Kier molecular flexibility index (Phi) is 5.36. The van der Waals surface area contributed by atoms with Gasteiger partial charge < -0.3 is 0 Å².